The molecule has 18 heavy (non-hydrogen) atoms. The lowest BCUT2D eigenvalue weighted by atomic mass is 9.83. The highest BCUT2D eigenvalue weighted by Gasteiger charge is 2.35. The molecule has 1 N–H and O–H groups in total. The molecule has 0 radical (unpaired) electrons. The minimum absolute atomic E-state index is 0.208. The number of nitrogens with one attached hydrogen (secondary N) is 1. The Morgan fingerprint density at radius 1 is 0.833 bits per heavy atom. The zero-order chi connectivity index (χ0) is 12.3. The highest BCUT2D eigenvalue weighted by molar-refractivity contribution is 5.39. The monoisotopic (exact) mass is 239 g/mol. The van der Waals surface area contributed by atoms with Crippen molar-refractivity contribution in [3.63, 3.8) is 0 Å². The molecule has 2 aromatic carbocycles. The molecule has 0 spiro atoms. The van der Waals surface area contributed by atoms with Gasteiger partial charge in [0.1, 0.15) is 0 Å². The number of hydrogen-bond acceptors (Lipinski definition) is 2. The third-order valence-corrected chi connectivity index (χ3v) is 3.52. The molecule has 2 nitrogen and oxygen atoms in total. The summed E-state index contributed by atoms with van der Waals surface area (Å²) in [6.45, 7) is 2.34. The largest absolute Gasteiger partial charge is 0.377 e. The molecule has 0 bridgehead atoms. The molecule has 3 rings (SSSR count). The van der Waals surface area contributed by atoms with Crippen LogP contribution in [0.2, 0.25) is 0 Å². The molecule has 0 amide bonds. The number of morpholine rings is 1. The van der Waals surface area contributed by atoms with Gasteiger partial charge in [-0.2, -0.15) is 0 Å². The van der Waals surface area contributed by atoms with Gasteiger partial charge in [0.2, 0.25) is 0 Å². The van der Waals surface area contributed by atoms with E-state index in [0.717, 1.165) is 13.2 Å². The lowest BCUT2D eigenvalue weighted by molar-refractivity contribution is 0.0434. The van der Waals surface area contributed by atoms with Crippen LogP contribution in [0, 0.1) is 0 Å². The molecule has 0 unspecified atom stereocenters. The molecule has 0 aromatic heterocycles. The quantitative estimate of drug-likeness (QED) is 0.869. The summed E-state index contributed by atoms with van der Waals surface area (Å²) in [5.41, 5.74) is 2.31. The third kappa shape index (κ3) is 1.94. The van der Waals surface area contributed by atoms with Gasteiger partial charge in [-0.1, -0.05) is 60.7 Å². The Labute approximate surface area is 108 Å². The van der Waals surface area contributed by atoms with Crippen LogP contribution in [0.15, 0.2) is 60.7 Å². The van der Waals surface area contributed by atoms with E-state index in [-0.39, 0.29) is 5.54 Å². The first-order valence-electron chi connectivity index (χ1n) is 6.36. The molecule has 0 atom stereocenters. The van der Waals surface area contributed by atoms with Gasteiger partial charge in [0.25, 0.3) is 0 Å². The van der Waals surface area contributed by atoms with E-state index in [1.165, 1.54) is 11.1 Å². The maximum atomic E-state index is 5.73. The van der Waals surface area contributed by atoms with Gasteiger partial charge in [-0.15, -0.1) is 0 Å². The van der Waals surface area contributed by atoms with Crippen molar-refractivity contribution in [3.05, 3.63) is 71.8 Å². The van der Waals surface area contributed by atoms with Gasteiger partial charge in [-0.05, 0) is 11.1 Å². The maximum Gasteiger partial charge on any atom is 0.0928 e. The van der Waals surface area contributed by atoms with E-state index in [1.807, 2.05) is 12.1 Å². The van der Waals surface area contributed by atoms with Crippen molar-refractivity contribution in [1.82, 2.24) is 5.32 Å². The summed E-state index contributed by atoms with van der Waals surface area (Å²) in [6.07, 6.45) is 0. The fourth-order valence-electron chi connectivity index (χ4n) is 2.60. The van der Waals surface area contributed by atoms with Crippen LogP contribution >= 0.6 is 0 Å². The van der Waals surface area contributed by atoms with Crippen molar-refractivity contribution in [3.8, 4) is 0 Å². The van der Waals surface area contributed by atoms with E-state index in [2.05, 4.69) is 53.8 Å². The second kappa shape index (κ2) is 4.92. The Balaban J connectivity index is 2.10. The zero-order valence-corrected chi connectivity index (χ0v) is 10.3. The van der Waals surface area contributed by atoms with Crippen molar-refractivity contribution >= 4 is 0 Å². The molecule has 92 valence electrons. The SMILES string of the molecule is c1ccc(C2(c3ccccc3)COCCN2)cc1. The summed E-state index contributed by atoms with van der Waals surface area (Å²) >= 11 is 0. The van der Waals surface area contributed by atoms with Crippen LogP contribution in [0.1, 0.15) is 11.1 Å². The smallest absolute Gasteiger partial charge is 0.0928 e. The Hall–Kier alpha value is -1.64. The van der Waals surface area contributed by atoms with Crippen molar-refractivity contribution in [2.45, 2.75) is 5.54 Å². The molecule has 2 heteroatoms. The second-order valence-corrected chi connectivity index (χ2v) is 4.62. The zero-order valence-electron chi connectivity index (χ0n) is 10.3. The Kier molecular flexibility index (Phi) is 3.13. The average Bonchev–Trinajstić information content (AvgIpc) is 2.50. The van der Waals surface area contributed by atoms with Crippen molar-refractivity contribution < 1.29 is 4.74 Å². The Morgan fingerprint density at radius 2 is 1.39 bits per heavy atom. The van der Waals surface area contributed by atoms with Gasteiger partial charge in [0, 0.05) is 6.54 Å². The van der Waals surface area contributed by atoms with E-state index in [9.17, 15) is 0 Å². The summed E-state index contributed by atoms with van der Waals surface area (Å²) in [4.78, 5) is 0. The molecule has 0 aliphatic carbocycles. The van der Waals surface area contributed by atoms with Crippen LogP contribution in [0.3, 0.4) is 0 Å². The van der Waals surface area contributed by atoms with E-state index in [0.29, 0.717) is 6.61 Å². The number of rotatable bonds is 2. The van der Waals surface area contributed by atoms with Crippen molar-refractivity contribution in [2.24, 2.45) is 0 Å². The van der Waals surface area contributed by atoms with Crippen LogP contribution in [0.25, 0.3) is 0 Å². The van der Waals surface area contributed by atoms with Gasteiger partial charge in [-0.25, -0.2) is 0 Å². The second-order valence-electron chi connectivity index (χ2n) is 4.62. The molecule has 1 fully saturated rings. The topological polar surface area (TPSA) is 21.3 Å². The first-order chi connectivity index (χ1) is 8.92. The van der Waals surface area contributed by atoms with Crippen LogP contribution in [0.4, 0.5) is 0 Å². The van der Waals surface area contributed by atoms with Crippen molar-refractivity contribution in [1.29, 1.82) is 0 Å². The summed E-state index contributed by atoms with van der Waals surface area (Å²) in [7, 11) is 0. The molecule has 1 saturated heterocycles. The van der Waals surface area contributed by atoms with Crippen LogP contribution < -0.4 is 5.32 Å². The summed E-state index contributed by atoms with van der Waals surface area (Å²) in [5.74, 6) is 0. The van der Waals surface area contributed by atoms with E-state index < -0.39 is 0 Å². The van der Waals surface area contributed by atoms with E-state index >= 15 is 0 Å². The molecular formula is C16H17NO. The fraction of sp³-hybridized carbons (Fsp3) is 0.250. The van der Waals surface area contributed by atoms with Gasteiger partial charge in [0.05, 0.1) is 18.8 Å². The lowest BCUT2D eigenvalue weighted by Gasteiger charge is -2.39. The molecule has 1 aliphatic heterocycles. The molecule has 1 aliphatic rings. The molecular weight excluding hydrogens is 222 g/mol. The maximum absolute atomic E-state index is 5.73. The first-order valence-corrected chi connectivity index (χ1v) is 6.36. The number of hydrogen-bond donors (Lipinski definition) is 1. The standard InChI is InChI=1S/C16H17NO/c1-3-7-14(8-4-1)16(13-18-12-11-17-16)15-9-5-2-6-10-15/h1-10,17H,11-13H2. The van der Waals surface area contributed by atoms with Crippen LogP contribution in [-0.4, -0.2) is 19.8 Å². The fourth-order valence-corrected chi connectivity index (χ4v) is 2.60. The van der Waals surface area contributed by atoms with E-state index in [1.54, 1.807) is 0 Å². The predicted octanol–water partition coefficient (Wildman–Crippen LogP) is 2.55. The lowest BCUT2D eigenvalue weighted by Crippen LogP contribution is -2.52. The average molecular weight is 239 g/mol. The third-order valence-electron chi connectivity index (χ3n) is 3.52. The minimum atomic E-state index is -0.208. The van der Waals surface area contributed by atoms with E-state index in [4.69, 9.17) is 4.74 Å². The molecule has 0 saturated carbocycles. The van der Waals surface area contributed by atoms with Gasteiger partial charge < -0.3 is 4.74 Å². The predicted molar refractivity (Wildman–Crippen MR) is 72.5 cm³/mol. The number of benzene rings is 2. The molecule has 1 heterocycles. The van der Waals surface area contributed by atoms with Gasteiger partial charge >= 0.3 is 0 Å². The Morgan fingerprint density at radius 3 is 1.83 bits per heavy atom. The highest BCUT2D eigenvalue weighted by atomic mass is 16.5. The minimum Gasteiger partial charge on any atom is -0.377 e. The summed E-state index contributed by atoms with van der Waals surface area (Å²) in [6, 6.07) is 21.1. The van der Waals surface area contributed by atoms with Crippen molar-refractivity contribution in [2.75, 3.05) is 19.8 Å². The Bertz CT molecular complexity index is 448. The number of ether oxygens (including phenoxy) is 1. The van der Waals surface area contributed by atoms with Gasteiger partial charge in [0.15, 0.2) is 0 Å². The highest BCUT2D eigenvalue weighted by Crippen LogP contribution is 2.31. The van der Waals surface area contributed by atoms with Crippen LogP contribution in [-0.2, 0) is 10.3 Å². The first kappa shape index (κ1) is 11.5. The van der Waals surface area contributed by atoms with Gasteiger partial charge in [-0.3, -0.25) is 5.32 Å². The summed E-state index contributed by atoms with van der Waals surface area (Å²) < 4.78 is 5.73. The van der Waals surface area contributed by atoms with Crippen LogP contribution in [0.5, 0.6) is 0 Å². The molecule has 2 aromatic rings. The normalized spacial score (nSPS) is 18.4. The summed E-state index contributed by atoms with van der Waals surface area (Å²) in [5, 5.41) is 3.64.